The molecule has 6 heteroatoms. The van der Waals surface area contributed by atoms with Crippen LogP contribution in [0.25, 0.3) is 11.3 Å². The predicted octanol–water partition coefficient (Wildman–Crippen LogP) is 3.64. The van der Waals surface area contributed by atoms with Gasteiger partial charge in [0.05, 0.1) is 11.7 Å². The van der Waals surface area contributed by atoms with E-state index in [0.29, 0.717) is 11.6 Å². The fourth-order valence-electron chi connectivity index (χ4n) is 1.75. The van der Waals surface area contributed by atoms with E-state index in [1.807, 2.05) is 36.6 Å². The highest BCUT2D eigenvalue weighted by atomic mass is 79.9. The second kappa shape index (κ2) is 6.97. The van der Waals surface area contributed by atoms with Gasteiger partial charge in [-0.05, 0) is 18.6 Å². The minimum atomic E-state index is -0.474. The molecule has 0 spiro atoms. The van der Waals surface area contributed by atoms with Crippen LogP contribution < -0.4 is 11.1 Å². The number of anilines is 1. The fraction of sp³-hybridized carbons (Fsp3) is 0.286. The molecule has 1 aromatic heterocycles. The number of rotatable bonds is 5. The highest BCUT2D eigenvalue weighted by molar-refractivity contribution is 9.10. The van der Waals surface area contributed by atoms with E-state index in [9.17, 15) is 4.79 Å². The summed E-state index contributed by atoms with van der Waals surface area (Å²) in [6, 6.07) is 7.41. The van der Waals surface area contributed by atoms with Gasteiger partial charge in [0.15, 0.2) is 5.13 Å². The Kier molecular flexibility index (Phi) is 5.28. The Labute approximate surface area is 130 Å². The van der Waals surface area contributed by atoms with Gasteiger partial charge in [-0.15, -0.1) is 11.3 Å². The lowest BCUT2D eigenvalue weighted by molar-refractivity contribution is -0.117. The molecule has 1 atom stereocenters. The highest BCUT2D eigenvalue weighted by Crippen LogP contribution is 2.26. The third-order valence-corrected chi connectivity index (χ3v) is 4.04. The summed E-state index contributed by atoms with van der Waals surface area (Å²) in [5.41, 5.74) is 7.62. The summed E-state index contributed by atoms with van der Waals surface area (Å²) in [6.45, 7) is 2.00. The van der Waals surface area contributed by atoms with Crippen LogP contribution in [0.4, 0.5) is 5.13 Å². The Bertz CT molecular complexity index is 600. The average molecular weight is 354 g/mol. The molecule has 0 bridgehead atoms. The number of halogens is 1. The lowest BCUT2D eigenvalue weighted by atomic mass is 10.2. The Morgan fingerprint density at radius 2 is 2.35 bits per heavy atom. The Balaban J connectivity index is 2.08. The van der Waals surface area contributed by atoms with Crippen molar-refractivity contribution in [2.75, 3.05) is 5.32 Å². The summed E-state index contributed by atoms with van der Waals surface area (Å²) in [7, 11) is 0. The number of amides is 1. The molecule has 20 heavy (non-hydrogen) atoms. The summed E-state index contributed by atoms with van der Waals surface area (Å²) in [5, 5.41) is 5.26. The van der Waals surface area contributed by atoms with Crippen molar-refractivity contribution in [3.63, 3.8) is 0 Å². The van der Waals surface area contributed by atoms with E-state index in [4.69, 9.17) is 5.73 Å². The van der Waals surface area contributed by atoms with Crippen LogP contribution in [-0.2, 0) is 4.79 Å². The number of thiazole rings is 1. The maximum absolute atomic E-state index is 11.8. The molecule has 0 aliphatic rings. The lowest BCUT2D eigenvalue weighted by Crippen LogP contribution is -2.35. The fourth-order valence-corrected chi connectivity index (χ4v) is 2.87. The maximum Gasteiger partial charge on any atom is 0.243 e. The number of nitrogens with one attached hydrogen (secondary N) is 1. The molecular formula is C14H16BrN3OS. The van der Waals surface area contributed by atoms with Gasteiger partial charge in [0.2, 0.25) is 5.91 Å². The Morgan fingerprint density at radius 3 is 3.05 bits per heavy atom. The zero-order chi connectivity index (χ0) is 14.5. The molecule has 1 heterocycles. The Morgan fingerprint density at radius 1 is 1.55 bits per heavy atom. The summed E-state index contributed by atoms with van der Waals surface area (Å²) in [6.07, 6.45) is 1.56. The van der Waals surface area contributed by atoms with Gasteiger partial charge in [0.1, 0.15) is 0 Å². The molecule has 2 aromatic rings. The standard InChI is InChI=1S/C14H16BrN3OS/c1-2-4-11(16)13(19)18-14-17-12(8-20-14)9-5-3-6-10(15)7-9/h3,5-8,11H,2,4,16H2,1H3,(H,17,18,19). The number of carbonyl (C=O) groups is 1. The topological polar surface area (TPSA) is 68.0 Å². The number of aromatic nitrogens is 1. The average Bonchev–Trinajstić information content (AvgIpc) is 2.87. The van der Waals surface area contributed by atoms with Crippen LogP contribution in [0.1, 0.15) is 19.8 Å². The smallest absolute Gasteiger partial charge is 0.243 e. The molecule has 0 saturated heterocycles. The maximum atomic E-state index is 11.8. The molecule has 1 unspecified atom stereocenters. The quantitative estimate of drug-likeness (QED) is 0.861. The van der Waals surface area contributed by atoms with Crippen molar-refractivity contribution in [3.8, 4) is 11.3 Å². The first-order valence-electron chi connectivity index (χ1n) is 6.38. The normalized spacial score (nSPS) is 12.2. The molecule has 1 amide bonds. The van der Waals surface area contributed by atoms with Gasteiger partial charge >= 0.3 is 0 Å². The minimum absolute atomic E-state index is 0.179. The number of nitrogens with two attached hydrogens (primary N) is 1. The van der Waals surface area contributed by atoms with E-state index in [1.54, 1.807) is 0 Å². The van der Waals surface area contributed by atoms with Crippen molar-refractivity contribution in [1.82, 2.24) is 4.98 Å². The van der Waals surface area contributed by atoms with E-state index in [2.05, 4.69) is 26.2 Å². The molecule has 0 aliphatic carbocycles. The molecule has 3 N–H and O–H groups in total. The summed E-state index contributed by atoms with van der Waals surface area (Å²) < 4.78 is 0.999. The zero-order valence-corrected chi connectivity index (χ0v) is 13.5. The summed E-state index contributed by atoms with van der Waals surface area (Å²) in [5.74, 6) is -0.179. The summed E-state index contributed by atoms with van der Waals surface area (Å²) >= 11 is 4.83. The van der Waals surface area contributed by atoms with Gasteiger partial charge < -0.3 is 11.1 Å². The van der Waals surface area contributed by atoms with Gasteiger partial charge in [0, 0.05) is 15.4 Å². The largest absolute Gasteiger partial charge is 0.320 e. The van der Waals surface area contributed by atoms with E-state index >= 15 is 0 Å². The molecule has 0 saturated carbocycles. The first kappa shape index (κ1) is 15.2. The van der Waals surface area contributed by atoms with Crippen molar-refractivity contribution >= 4 is 38.3 Å². The van der Waals surface area contributed by atoms with Crippen LogP contribution in [0, 0.1) is 0 Å². The van der Waals surface area contributed by atoms with Crippen LogP contribution >= 0.6 is 27.3 Å². The number of hydrogen-bond donors (Lipinski definition) is 2. The first-order valence-corrected chi connectivity index (χ1v) is 8.05. The zero-order valence-electron chi connectivity index (χ0n) is 11.1. The molecular weight excluding hydrogens is 338 g/mol. The molecule has 0 radical (unpaired) electrons. The van der Waals surface area contributed by atoms with Crippen LogP contribution in [0.5, 0.6) is 0 Å². The molecule has 0 aliphatic heterocycles. The number of hydrogen-bond acceptors (Lipinski definition) is 4. The van der Waals surface area contributed by atoms with Crippen LogP contribution in [0.3, 0.4) is 0 Å². The highest BCUT2D eigenvalue weighted by Gasteiger charge is 2.14. The number of carbonyl (C=O) groups excluding carboxylic acids is 1. The van der Waals surface area contributed by atoms with Gasteiger partial charge in [0.25, 0.3) is 0 Å². The van der Waals surface area contributed by atoms with Gasteiger partial charge in [-0.25, -0.2) is 4.98 Å². The predicted molar refractivity (Wildman–Crippen MR) is 86.8 cm³/mol. The lowest BCUT2D eigenvalue weighted by Gasteiger charge is -2.08. The van der Waals surface area contributed by atoms with Gasteiger partial charge in [-0.3, -0.25) is 4.79 Å². The van der Waals surface area contributed by atoms with Crippen molar-refractivity contribution in [2.24, 2.45) is 5.73 Å². The van der Waals surface area contributed by atoms with Crippen LogP contribution in [0.2, 0.25) is 0 Å². The van der Waals surface area contributed by atoms with E-state index in [1.165, 1.54) is 11.3 Å². The molecule has 4 nitrogen and oxygen atoms in total. The molecule has 2 rings (SSSR count). The van der Waals surface area contributed by atoms with Crippen molar-refractivity contribution in [1.29, 1.82) is 0 Å². The van der Waals surface area contributed by atoms with Crippen molar-refractivity contribution in [2.45, 2.75) is 25.8 Å². The first-order chi connectivity index (χ1) is 9.60. The second-order valence-corrected chi connectivity index (χ2v) is 6.21. The van der Waals surface area contributed by atoms with Crippen LogP contribution in [0.15, 0.2) is 34.1 Å². The molecule has 0 fully saturated rings. The van der Waals surface area contributed by atoms with Crippen molar-refractivity contribution in [3.05, 3.63) is 34.1 Å². The Hall–Kier alpha value is -1.24. The second-order valence-electron chi connectivity index (χ2n) is 4.43. The third kappa shape index (κ3) is 3.88. The number of benzene rings is 1. The minimum Gasteiger partial charge on any atom is -0.320 e. The summed E-state index contributed by atoms with van der Waals surface area (Å²) in [4.78, 5) is 16.2. The number of nitrogens with zero attached hydrogens (tertiary/aromatic N) is 1. The molecule has 1 aromatic carbocycles. The van der Waals surface area contributed by atoms with E-state index in [-0.39, 0.29) is 5.91 Å². The third-order valence-electron chi connectivity index (χ3n) is 2.79. The van der Waals surface area contributed by atoms with Gasteiger partial charge in [-0.2, -0.15) is 0 Å². The monoisotopic (exact) mass is 353 g/mol. The van der Waals surface area contributed by atoms with E-state index in [0.717, 1.165) is 22.2 Å². The SMILES string of the molecule is CCCC(N)C(=O)Nc1nc(-c2cccc(Br)c2)cs1. The van der Waals surface area contributed by atoms with Crippen molar-refractivity contribution < 1.29 is 4.79 Å². The molecule has 106 valence electrons. The van der Waals surface area contributed by atoms with Gasteiger partial charge in [-0.1, -0.05) is 41.4 Å². The van der Waals surface area contributed by atoms with E-state index < -0.39 is 6.04 Å². The van der Waals surface area contributed by atoms with Crippen LogP contribution in [-0.4, -0.2) is 16.9 Å².